The van der Waals surface area contributed by atoms with E-state index in [9.17, 15) is 18.0 Å². The van der Waals surface area contributed by atoms with Gasteiger partial charge in [0.05, 0.1) is 30.3 Å². The van der Waals surface area contributed by atoms with Gasteiger partial charge in [-0.1, -0.05) is 30.3 Å². The molecule has 3 aromatic carbocycles. The third-order valence-corrected chi connectivity index (χ3v) is 5.69. The van der Waals surface area contributed by atoms with Crippen LogP contribution in [0.2, 0.25) is 0 Å². The van der Waals surface area contributed by atoms with Gasteiger partial charge in [-0.2, -0.15) is 0 Å². The standard InChI is InChI=1S/C26H28N2O6S/c1-4-33-23-16-22(28-26(30)20-13-9-10-18(14-20)17-35(3,31)32)24(34-5-2)15-21(23)27-25(29)19-11-7-6-8-12-19/h6-16H,4-5,17H2,1-3H3,(H,27,29)(H,28,30). The molecular formula is C26H28N2O6S. The molecule has 0 spiro atoms. The predicted molar refractivity (Wildman–Crippen MR) is 136 cm³/mol. The van der Waals surface area contributed by atoms with Crippen LogP contribution in [-0.2, 0) is 15.6 Å². The summed E-state index contributed by atoms with van der Waals surface area (Å²) in [5.41, 5.74) is 2.05. The molecule has 0 unspecified atom stereocenters. The van der Waals surface area contributed by atoms with E-state index in [2.05, 4.69) is 10.6 Å². The quantitative estimate of drug-likeness (QED) is 0.427. The highest BCUT2D eigenvalue weighted by molar-refractivity contribution is 7.89. The van der Waals surface area contributed by atoms with E-state index in [0.717, 1.165) is 6.26 Å². The van der Waals surface area contributed by atoms with Gasteiger partial charge in [0.1, 0.15) is 11.5 Å². The van der Waals surface area contributed by atoms with Crippen LogP contribution in [0.25, 0.3) is 0 Å². The Balaban J connectivity index is 1.91. The van der Waals surface area contributed by atoms with Gasteiger partial charge in [-0.25, -0.2) is 8.42 Å². The topological polar surface area (TPSA) is 111 Å². The second-order valence-corrected chi connectivity index (χ2v) is 9.90. The lowest BCUT2D eigenvalue weighted by Gasteiger charge is -2.18. The predicted octanol–water partition coefficient (Wildman–Crippen LogP) is 4.53. The van der Waals surface area contributed by atoms with Gasteiger partial charge in [-0.05, 0) is 43.7 Å². The van der Waals surface area contributed by atoms with Crippen molar-refractivity contribution in [1.29, 1.82) is 0 Å². The highest BCUT2D eigenvalue weighted by atomic mass is 32.2. The molecule has 0 fully saturated rings. The molecule has 3 aromatic rings. The molecule has 0 radical (unpaired) electrons. The monoisotopic (exact) mass is 496 g/mol. The van der Waals surface area contributed by atoms with Gasteiger partial charge >= 0.3 is 0 Å². The smallest absolute Gasteiger partial charge is 0.255 e. The lowest BCUT2D eigenvalue weighted by Crippen LogP contribution is -2.16. The maximum Gasteiger partial charge on any atom is 0.255 e. The van der Waals surface area contributed by atoms with Crippen LogP contribution in [0.15, 0.2) is 66.7 Å². The average molecular weight is 497 g/mol. The largest absolute Gasteiger partial charge is 0.492 e. The van der Waals surface area contributed by atoms with E-state index in [4.69, 9.17) is 9.47 Å². The molecular weight excluding hydrogens is 468 g/mol. The summed E-state index contributed by atoms with van der Waals surface area (Å²) in [4.78, 5) is 25.7. The second-order valence-electron chi connectivity index (χ2n) is 7.76. The minimum atomic E-state index is -3.24. The van der Waals surface area contributed by atoms with Crippen LogP contribution in [0.1, 0.15) is 40.1 Å². The van der Waals surface area contributed by atoms with E-state index >= 15 is 0 Å². The molecule has 184 valence electrons. The van der Waals surface area contributed by atoms with Gasteiger partial charge in [-0.3, -0.25) is 9.59 Å². The van der Waals surface area contributed by atoms with Crippen LogP contribution < -0.4 is 20.1 Å². The number of nitrogens with one attached hydrogen (secondary N) is 2. The van der Waals surface area contributed by atoms with Crippen molar-refractivity contribution in [2.45, 2.75) is 19.6 Å². The van der Waals surface area contributed by atoms with E-state index in [0.29, 0.717) is 52.8 Å². The number of anilines is 2. The average Bonchev–Trinajstić information content (AvgIpc) is 2.81. The molecule has 0 atom stereocenters. The molecule has 0 aliphatic rings. The van der Waals surface area contributed by atoms with Crippen molar-refractivity contribution in [2.24, 2.45) is 0 Å². The normalized spacial score (nSPS) is 10.9. The number of hydrogen-bond acceptors (Lipinski definition) is 6. The fourth-order valence-corrected chi connectivity index (χ4v) is 4.17. The zero-order chi connectivity index (χ0) is 25.4. The number of hydrogen-bond donors (Lipinski definition) is 2. The molecule has 9 heteroatoms. The lowest BCUT2D eigenvalue weighted by atomic mass is 10.1. The molecule has 8 nitrogen and oxygen atoms in total. The summed E-state index contributed by atoms with van der Waals surface area (Å²) in [7, 11) is -3.24. The van der Waals surface area contributed by atoms with E-state index in [1.165, 1.54) is 6.07 Å². The summed E-state index contributed by atoms with van der Waals surface area (Å²) in [6, 6.07) is 18.4. The van der Waals surface area contributed by atoms with Crippen molar-refractivity contribution in [2.75, 3.05) is 30.1 Å². The van der Waals surface area contributed by atoms with Gasteiger partial charge in [0, 0.05) is 29.5 Å². The third kappa shape index (κ3) is 7.31. The summed E-state index contributed by atoms with van der Waals surface area (Å²) >= 11 is 0. The molecule has 3 rings (SSSR count). The Morgan fingerprint density at radius 1 is 0.743 bits per heavy atom. The lowest BCUT2D eigenvalue weighted by molar-refractivity contribution is 0.101. The first kappa shape index (κ1) is 25.8. The van der Waals surface area contributed by atoms with E-state index < -0.39 is 15.7 Å². The summed E-state index contributed by atoms with van der Waals surface area (Å²) in [6.07, 6.45) is 1.14. The molecule has 2 amide bonds. The Morgan fingerprint density at radius 3 is 1.77 bits per heavy atom. The fourth-order valence-electron chi connectivity index (χ4n) is 3.39. The first-order valence-electron chi connectivity index (χ1n) is 11.1. The Bertz CT molecular complexity index is 1310. The number of carbonyl (C=O) groups excluding carboxylic acids is 2. The van der Waals surface area contributed by atoms with Crippen LogP contribution >= 0.6 is 0 Å². The molecule has 0 aromatic heterocycles. The second kappa shape index (κ2) is 11.5. The van der Waals surface area contributed by atoms with Crippen molar-refractivity contribution in [3.8, 4) is 11.5 Å². The highest BCUT2D eigenvalue weighted by Crippen LogP contribution is 2.37. The SMILES string of the molecule is CCOc1cc(NC(=O)c2cccc(CS(C)(=O)=O)c2)c(OCC)cc1NC(=O)c1ccccc1. The van der Waals surface area contributed by atoms with E-state index in [-0.39, 0.29) is 11.7 Å². The van der Waals surface area contributed by atoms with Gasteiger partial charge in [0.25, 0.3) is 11.8 Å². The summed E-state index contributed by atoms with van der Waals surface area (Å²) in [5, 5.41) is 5.64. The Hall–Kier alpha value is -3.85. The zero-order valence-corrected chi connectivity index (χ0v) is 20.6. The zero-order valence-electron chi connectivity index (χ0n) is 19.8. The summed E-state index contributed by atoms with van der Waals surface area (Å²) in [6.45, 7) is 4.28. The number of sulfone groups is 1. The van der Waals surface area contributed by atoms with Crippen LogP contribution in [0.3, 0.4) is 0 Å². The van der Waals surface area contributed by atoms with Gasteiger partial charge in [0.2, 0.25) is 0 Å². The van der Waals surface area contributed by atoms with Crippen LogP contribution in [0.5, 0.6) is 11.5 Å². The van der Waals surface area contributed by atoms with E-state index in [1.54, 1.807) is 61.5 Å². The molecule has 0 aliphatic carbocycles. The number of rotatable bonds is 10. The van der Waals surface area contributed by atoms with Crippen molar-refractivity contribution < 1.29 is 27.5 Å². The Kier molecular flexibility index (Phi) is 8.48. The Morgan fingerprint density at radius 2 is 1.26 bits per heavy atom. The molecule has 35 heavy (non-hydrogen) atoms. The maximum atomic E-state index is 13.0. The molecule has 0 saturated carbocycles. The Labute approximate surface area is 205 Å². The van der Waals surface area contributed by atoms with Gasteiger partial charge in [0.15, 0.2) is 9.84 Å². The minimum absolute atomic E-state index is 0.164. The van der Waals surface area contributed by atoms with Crippen LogP contribution in [0, 0.1) is 0 Å². The summed E-state index contributed by atoms with van der Waals surface area (Å²) < 4.78 is 34.7. The van der Waals surface area contributed by atoms with Gasteiger partial charge < -0.3 is 20.1 Å². The maximum absolute atomic E-state index is 13.0. The fraction of sp³-hybridized carbons (Fsp3) is 0.231. The molecule has 0 aliphatic heterocycles. The van der Waals surface area contributed by atoms with Gasteiger partial charge in [-0.15, -0.1) is 0 Å². The molecule has 0 saturated heterocycles. The number of amides is 2. The first-order valence-corrected chi connectivity index (χ1v) is 13.1. The number of carbonyl (C=O) groups is 2. The molecule has 0 bridgehead atoms. The molecule has 2 N–H and O–H groups in total. The van der Waals surface area contributed by atoms with E-state index in [1.807, 2.05) is 13.0 Å². The van der Waals surface area contributed by atoms with Crippen molar-refractivity contribution in [1.82, 2.24) is 0 Å². The van der Waals surface area contributed by atoms with Crippen LogP contribution in [0.4, 0.5) is 11.4 Å². The van der Waals surface area contributed by atoms with Crippen molar-refractivity contribution >= 4 is 33.0 Å². The minimum Gasteiger partial charge on any atom is -0.492 e. The van der Waals surface area contributed by atoms with Crippen molar-refractivity contribution in [3.63, 3.8) is 0 Å². The number of benzene rings is 3. The van der Waals surface area contributed by atoms with Crippen LogP contribution in [-0.4, -0.2) is 39.7 Å². The van der Waals surface area contributed by atoms with Crippen molar-refractivity contribution in [3.05, 3.63) is 83.4 Å². The highest BCUT2D eigenvalue weighted by Gasteiger charge is 2.18. The first-order chi connectivity index (χ1) is 16.7. The number of ether oxygens (including phenoxy) is 2. The molecule has 0 heterocycles. The third-order valence-electron chi connectivity index (χ3n) is 4.83. The summed E-state index contributed by atoms with van der Waals surface area (Å²) in [5.74, 6) is -0.206.